The van der Waals surface area contributed by atoms with Crippen molar-refractivity contribution in [3.63, 3.8) is 0 Å². The van der Waals surface area contributed by atoms with E-state index in [1.165, 1.54) is 12.8 Å². The lowest BCUT2D eigenvalue weighted by molar-refractivity contribution is -0.130. The molecule has 1 aromatic rings. The Balaban J connectivity index is 1.48. The Morgan fingerprint density at radius 2 is 1.81 bits per heavy atom. The van der Waals surface area contributed by atoms with Gasteiger partial charge in [-0.25, -0.2) is 4.98 Å². The molecule has 0 unspecified atom stereocenters. The van der Waals surface area contributed by atoms with Gasteiger partial charge in [0.05, 0.1) is 0 Å². The minimum Gasteiger partial charge on any atom is -0.484 e. The molecular formula is C19H27N3O4. The summed E-state index contributed by atoms with van der Waals surface area (Å²) >= 11 is 0. The van der Waals surface area contributed by atoms with Crippen molar-refractivity contribution in [1.29, 1.82) is 0 Å². The largest absolute Gasteiger partial charge is 0.484 e. The number of aromatic nitrogens is 1. The van der Waals surface area contributed by atoms with E-state index in [9.17, 15) is 9.59 Å². The van der Waals surface area contributed by atoms with Gasteiger partial charge < -0.3 is 19.3 Å². The maximum atomic E-state index is 12.5. The Morgan fingerprint density at radius 3 is 2.54 bits per heavy atom. The molecule has 7 nitrogen and oxygen atoms in total. The number of carbonyl (C=O) groups excluding carboxylic acids is 2. The Morgan fingerprint density at radius 1 is 1.12 bits per heavy atom. The summed E-state index contributed by atoms with van der Waals surface area (Å²) in [4.78, 5) is 32.3. The molecule has 0 atom stereocenters. The molecule has 1 aliphatic carbocycles. The number of hydrogen-bond acceptors (Lipinski definition) is 5. The summed E-state index contributed by atoms with van der Waals surface area (Å²) in [6.45, 7) is 4.10. The predicted molar refractivity (Wildman–Crippen MR) is 96.4 cm³/mol. The Labute approximate surface area is 154 Å². The van der Waals surface area contributed by atoms with E-state index in [-0.39, 0.29) is 11.8 Å². The van der Waals surface area contributed by atoms with Crippen molar-refractivity contribution in [2.24, 2.45) is 5.41 Å². The van der Waals surface area contributed by atoms with Crippen LogP contribution in [0.15, 0.2) is 12.1 Å². The molecule has 7 heteroatoms. The number of likely N-dealkylation sites (N-methyl/N-ethyl adjacent to an activating group) is 2. The lowest BCUT2D eigenvalue weighted by Crippen LogP contribution is -2.37. The van der Waals surface area contributed by atoms with Gasteiger partial charge in [-0.2, -0.15) is 0 Å². The van der Waals surface area contributed by atoms with E-state index < -0.39 is 0 Å². The van der Waals surface area contributed by atoms with Crippen LogP contribution in [0.1, 0.15) is 43.1 Å². The fraction of sp³-hybridized carbons (Fsp3) is 0.632. The summed E-state index contributed by atoms with van der Waals surface area (Å²) in [7, 11) is 3.50. The highest BCUT2D eigenvalue weighted by molar-refractivity contribution is 5.92. The summed E-state index contributed by atoms with van der Waals surface area (Å²) in [6, 6.07) is 3.34. The highest BCUT2D eigenvalue weighted by Gasteiger charge is 2.37. The van der Waals surface area contributed by atoms with Gasteiger partial charge in [-0.05, 0) is 36.8 Å². The van der Waals surface area contributed by atoms with Crippen molar-refractivity contribution in [2.75, 3.05) is 40.4 Å². The van der Waals surface area contributed by atoms with E-state index in [0.29, 0.717) is 55.5 Å². The third-order valence-electron chi connectivity index (χ3n) is 5.21. The van der Waals surface area contributed by atoms with Crippen LogP contribution < -0.4 is 9.47 Å². The highest BCUT2D eigenvalue weighted by Crippen LogP contribution is 2.48. The minimum atomic E-state index is -0.201. The summed E-state index contributed by atoms with van der Waals surface area (Å²) < 4.78 is 10.8. The van der Waals surface area contributed by atoms with Crippen LogP contribution in [-0.2, 0) is 4.79 Å². The monoisotopic (exact) mass is 361 g/mol. The topological polar surface area (TPSA) is 72.0 Å². The molecule has 1 aliphatic heterocycles. The van der Waals surface area contributed by atoms with Gasteiger partial charge in [-0.1, -0.05) is 6.92 Å². The Hall–Kier alpha value is -2.31. The van der Waals surface area contributed by atoms with Crippen LogP contribution >= 0.6 is 0 Å². The lowest BCUT2D eigenvalue weighted by atomic mass is 10.0. The van der Waals surface area contributed by atoms with Crippen molar-refractivity contribution in [3.05, 3.63) is 17.8 Å². The van der Waals surface area contributed by atoms with Gasteiger partial charge in [0.15, 0.2) is 5.75 Å². The average Bonchev–Trinajstić information content (AvgIpc) is 3.40. The molecule has 1 aromatic heterocycles. The lowest BCUT2D eigenvalue weighted by Gasteiger charge is -2.23. The molecule has 0 saturated heterocycles. The molecule has 26 heavy (non-hydrogen) atoms. The third-order valence-corrected chi connectivity index (χ3v) is 5.21. The third kappa shape index (κ3) is 4.45. The van der Waals surface area contributed by atoms with Crippen LogP contribution in [0.5, 0.6) is 11.6 Å². The van der Waals surface area contributed by atoms with Crippen molar-refractivity contribution in [2.45, 2.75) is 32.6 Å². The van der Waals surface area contributed by atoms with Crippen LogP contribution in [0.4, 0.5) is 0 Å². The number of rotatable bonds is 7. The van der Waals surface area contributed by atoms with Gasteiger partial charge in [0.25, 0.3) is 11.8 Å². The van der Waals surface area contributed by atoms with E-state index >= 15 is 0 Å². The fourth-order valence-electron chi connectivity index (χ4n) is 2.83. The molecule has 142 valence electrons. The smallest absolute Gasteiger partial charge is 0.272 e. The van der Waals surface area contributed by atoms with Crippen LogP contribution in [0, 0.1) is 5.41 Å². The first-order chi connectivity index (χ1) is 12.4. The summed E-state index contributed by atoms with van der Waals surface area (Å²) in [5.41, 5.74) is 0.694. The van der Waals surface area contributed by atoms with Gasteiger partial charge in [-0.15, -0.1) is 0 Å². The predicted octanol–water partition coefficient (Wildman–Crippen LogP) is 1.96. The molecular weight excluding hydrogens is 334 g/mol. The number of pyridine rings is 1. The first-order valence-corrected chi connectivity index (χ1v) is 9.14. The van der Waals surface area contributed by atoms with Crippen LogP contribution in [-0.4, -0.2) is 67.0 Å². The maximum absolute atomic E-state index is 12.5. The Bertz CT molecular complexity index is 687. The molecule has 1 saturated carbocycles. The van der Waals surface area contributed by atoms with E-state index in [0.717, 1.165) is 6.42 Å². The summed E-state index contributed by atoms with van der Waals surface area (Å²) in [5.74, 6) is 0.853. The van der Waals surface area contributed by atoms with E-state index in [2.05, 4.69) is 11.9 Å². The van der Waals surface area contributed by atoms with E-state index in [1.807, 2.05) is 0 Å². The first-order valence-electron chi connectivity index (χ1n) is 9.14. The van der Waals surface area contributed by atoms with Crippen molar-refractivity contribution in [1.82, 2.24) is 14.8 Å². The number of fused-ring (bicyclic) bond motifs is 1. The zero-order valence-electron chi connectivity index (χ0n) is 15.8. The first kappa shape index (κ1) is 18.5. The summed E-state index contributed by atoms with van der Waals surface area (Å²) in [5, 5.41) is 0. The molecule has 1 fully saturated rings. The second-order valence-corrected chi connectivity index (χ2v) is 7.55. The van der Waals surface area contributed by atoms with E-state index in [1.54, 1.807) is 36.0 Å². The molecule has 0 N–H and O–H groups in total. The quantitative estimate of drug-likeness (QED) is 0.742. The normalized spacial score (nSPS) is 16.7. The minimum absolute atomic E-state index is 0.136. The van der Waals surface area contributed by atoms with Gasteiger partial charge in [0.2, 0.25) is 5.91 Å². The standard InChI is InChI=1S/C19H27N3O4/c1-19(8-9-19)7-6-16(23)21(2)10-11-22(3)18(24)14-4-5-15-17(20-14)26-13-12-25-15/h4-5H,6-13H2,1-3H3. The molecule has 3 rings (SSSR count). The van der Waals surface area contributed by atoms with Crippen molar-refractivity contribution < 1.29 is 19.1 Å². The van der Waals surface area contributed by atoms with Crippen LogP contribution in [0.25, 0.3) is 0 Å². The van der Waals surface area contributed by atoms with Crippen LogP contribution in [0.3, 0.4) is 0 Å². The number of hydrogen-bond donors (Lipinski definition) is 0. The zero-order chi connectivity index (χ0) is 18.7. The van der Waals surface area contributed by atoms with Crippen molar-refractivity contribution >= 4 is 11.8 Å². The van der Waals surface area contributed by atoms with Gasteiger partial charge >= 0.3 is 0 Å². The maximum Gasteiger partial charge on any atom is 0.272 e. The second kappa shape index (κ2) is 7.51. The van der Waals surface area contributed by atoms with Gasteiger partial charge in [0, 0.05) is 33.6 Å². The SMILES string of the molecule is CN(CCN(C)C(=O)c1ccc2c(n1)OCCO2)C(=O)CCC1(C)CC1. The number of amides is 2. The van der Waals surface area contributed by atoms with Crippen LogP contribution in [0.2, 0.25) is 0 Å². The average molecular weight is 361 g/mol. The molecule has 0 bridgehead atoms. The molecule has 0 spiro atoms. The molecule has 2 aliphatic rings. The van der Waals surface area contributed by atoms with Gasteiger partial charge in [-0.3, -0.25) is 9.59 Å². The van der Waals surface area contributed by atoms with Gasteiger partial charge in [0.1, 0.15) is 18.9 Å². The zero-order valence-corrected chi connectivity index (χ0v) is 15.8. The Kier molecular flexibility index (Phi) is 5.34. The second-order valence-electron chi connectivity index (χ2n) is 7.55. The fourth-order valence-corrected chi connectivity index (χ4v) is 2.83. The molecule has 0 radical (unpaired) electrons. The number of nitrogens with zero attached hydrogens (tertiary/aromatic N) is 3. The molecule has 0 aromatic carbocycles. The van der Waals surface area contributed by atoms with Crippen molar-refractivity contribution in [3.8, 4) is 11.6 Å². The molecule has 2 heterocycles. The molecule has 2 amide bonds. The number of ether oxygens (including phenoxy) is 2. The highest BCUT2D eigenvalue weighted by atomic mass is 16.6. The number of carbonyl (C=O) groups is 2. The summed E-state index contributed by atoms with van der Waals surface area (Å²) in [6.07, 6.45) is 3.98. The van der Waals surface area contributed by atoms with E-state index in [4.69, 9.17) is 9.47 Å².